The molecule has 0 spiro atoms. The number of benzene rings is 1. The van der Waals surface area contributed by atoms with Gasteiger partial charge in [0.25, 0.3) is 10.0 Å². The minimum Gasteiger partial charge on any atom is -0.443 e. The normalized spacial score (nSPS) is 11.3. The predicted octanol–water partition coefficient (Wildman–Crippen LogP) is 4.48. The summed E-state index contributed by atoms with van der Waals surface area (Å²) in [5.74, 6) is -0.0364. The van der Waals surface area contributed by atoms with E-state index in [0.29, 0.717) is 16.2 Å². The molecule has 0 atom stereocenters. The van der Waals surface area contributed by atoms with Crippen LogP contribution < -0.4 is 4.72 Å². The summed E-state index contributed by atoms with van der Waals surface area (Å²) in [4.78, 5) is 21.3. The molecular weight excluding hydrogens is 434 g/mol. The number of hydrogen-bond donors (Lipinski definition) is 1. The zero-order chi connectivity index (χ0) is 20.4. The van der Waals surface area contributed by atoms with E-state index in [-0.39, 0.29) is 20.6 Å². The number of oxazole rings is 1. The van der Waals surface area contributed by atoms with Gasteiger partial charge in [0.1, 0.15) is 4.21 Å². The molecule has 0 amide bonds. The second-order valence-electron chi connectivity index (χ2n) is 5.83. The molecular formula is C19H12ClN3O4S2. The van der Waals surface area contributed by atoms with Crippen LogP contribution in [-0.4, -0.2) is 24.2 Å². The fraction of sp³-hybridized carbons (Fsp3) is 0. The minimum absolute atomic E-state index is 0.0405. The lowest BCUT2D eigenvalue weighted by Gasteiger charge is -2.10. The number of nitrogens with zero attached hydrogens (tertiary/aromatic N) is 2. The molecule has 4 aromatic rings. The summed E-state index contributed by atoms with van der Waals surface area (Å²) in [5, 5.41) is 0.218. The number of anilines is 1. The van der Waals surface area contributed by atoms with Crippen LogP contribution in [-0.2, 0) is 10.0 Å². The number of carbonyl (C=O) groups is 1. The quantitative estimate of drug-likeness (QED) is 0.439. The molecule has 0 bridgehead atoms. The number of hydrogen-bond acceptors (Lipinski definition) is 7. The van der Waals surface area contributed by atoms with E-state index in [2.05, 4.69) is 14.7 Å². The Labute approximate surface area is 175 Å². The molecule has 0 aliphatic rings. The van der Waals surface area contributed by atoms with Crippen LogP contribution in [0.2, 0.25) is 5.02 Å². The van der Waals surface area contributed by atoms with E-state index >= 15 is 0 Å². The van der Waals surface area contributed by atoms with E-state index in [1.807, 2.05) is 0 Å². The summed E-state index contributed by atoms with van der Waals surface area (Å²) >= 11 is 7.00. The Balaban J connectivity index is 1.68. The Morgan fingerprint density at radius 2 is 1.90 bits per heavy atom. The van der Waals surface area contributed by atoms with Gasteiger partial charge in [-0.1, -0.05) is 41.9 Å². The molecule has 0 saturated heterocycles. The summed E-state index contributed by atoms with van der Waals surface area (Å²) in [6.45, 7) is 0. The molecule has 0 saturated carbocycles. The lowest BCUT2D eigenvalue weighted by molar-refractivity contribution is 0.103. The SMILES string of the molecule is O=C(c1ccccc1)c1cc(Cl)cnc1NS(=O)(=O)c1ccc(-c2cnco2)s1. The van der Waals surface area contributed by atoms with Gasteiger partial charge in [0.15, 0.2) is 23.8 Å². The van der Waals surface area contributed by atoms with Gasteiger partial charge < -0.3 is 4.42 Å². The Kier molecular flexibility index (Phi) is 5.18. The molecule has 0 unspecified atom stereocenters. The van der Waals surface area contributed by atoms with E-state index in [1.165, 1.54) is 30.9 Å². The number of nitrogens with one attached hydrogen (secondary N) is 1. The van der Waals surface area contributed by atoms with E-state index in [4.69, 9.17) is 16.0 Å². The average Bonchev–Trinajstić information content (AvgIpc) is 3.41. The van der Waals surface area contributed by atoms with Crippen molar-refractivity contribution in [1.82, 2.24) is 9.97 Å². The fourth-order valence-corrected chi connectivity index (χ4v) is 5.00. The molecule has 3 aromatic heterocycles. The fourth-order valence-electron chi connectivity index (χ4n) is 2.55. The second-order valence-corrected chi connectivity index (χ2v) is 9.26. The van der Waals surface area contributed by atoms with E-state index in [1.54, 1.807) is 36.4 Å². The van der Waals surface area contributed by atoms with Crippen molar-refractivity contribution in [2.45, 2.75) is 4.21 Å². The standard InChI is InChI=1S/C19H12ClN3O4S2/c20-13-8-14(18(24)12-4-2-1-3-5-12)19(22-9-13)23-29(25,26)17-7-6-16(28-17)15-10-21-11-27-15/h1-11H,(H,22,23). The van der Waals surface area contributed by atoms with Gasteiger partial charge in [0.05, 0.1) is 21.7 Å². The number of halogens is 1. The number of sulfonamides is 1. The molecule has 7 nitrogen and oxygen atoms in total. The summed E-state index contributed by atoms with van der Waals surface area (Å²) in [5.41, 5.74) is 0.444. The van der Waals surface area contributed by atoms with Crippen LogP contribution in [0.1, 0.15) is 15.9 Å². The van der Waals surface area contributed by atoms with E-state index < -0.39 is 15.8 Å². The van der Waals surface area contributed by atoms with Crippen molar-refractivity contribution in [1.29, 1.82) is 0 Å². The third kappa shape index (κ3) is 4.07. The highest BCUT2D eigenvalue weighted by Gasteiger charge is 2.23. The van der Waals surface area contributed by atoms with Crippen LogP contribution in [0.15, 0.2) is 75.9 Å². The van der Waals surface area contributed by atoms with Crippen molar-refractivity contribution in [3.05, 3.63) is 83.5 Å². The first-order valence-corrected chi connectivity index (χ1v) is 10.9. The zero-order valence-electron chi connectivity index (χ0n) is 14.6. The highest BCUT2D eigenvalue weighted by molar-refractivity contribution is 7.94. The molecule has 29 heavy (non-hydrogen) atoms. The molecule has 0 aliphatic carbocycles. The summed E-state index contributed by atoms with van der Waals surface area (Å²) in [6.07, 6.45) is 4.03. The Morgan fingerprint density at radius 3 is 2.62 bits per heavy atom. The van der Waals surface area contributed by atoms with Crippen molar-refractivity contribution in [3.8, 4) is 10.6 Å². The first-order chi connectivity index (χ1) is 13.9. The minimum atomic E-state index is -3.99. The topological polar surface area (TPSA) is 102 Å². The van der Waals surface area contributed by atoms with Gasteiger partial charge in [-0.05, 0) is 18.2 Å². The monoisotopic (exact) mass is 445 g/mol. The van der Waals surface area contributed by atoms with Crippen LogP contribution in [0.4, 0.5) is 5.82 Å². The maximum atomic E-state index is 12.9. The number of pyridine rings is 1. The number of aromatic nitrogens is 2. The summed E-state index contributed by atoms with van der Waals surface area (Å²) in [6, 6.07) is 12.9. The third-order valence-electron chi connectivity index (χ3n) is 3.89. The number of ketones is 1. The number of rotatable bonds is 6. The van der Waals surface area contributed by atoms with Crippen molar-refractivity contribution in [2.24, 2.45) is 0 Å². The van der Waals surface area contributed by atoms with Gasteiger partial charge in [0.2, 0.25) is 0 Å². The summed E-state index contributed by atoms with van der Waals surface area (Å²) in [7, 11) is -3.99. The van der Waals surface area contributed by atoms with Crippen LogP contribution in [0.25, 0.3) is 10.6 Å². The lowest BCUT2D eigenvalue weighted by atomic mass is 10.0. The summed E-state index contributed by atoms with van der Waals surface area (Å²) < 4.78 is 33.3. The van der Waals surface area contributed by atoms with Gasteiger partial charge >= 0.3 is 0 Å². The second kappa shape index (κ2) is 7.78. The van der Waals surface area contributed by atoms with Gasteiger partial charge in [-0.3, -0.25) is 9.52 Å². The van der Waals surface area contributed by atoms with Crippen molar-refractivity contribution in [2.75, 3.05) is 4.72 Å². The molecule has 0 fully saturated rings. The number of thiophene rings is 1. The van der Waals surface area contributed by atoms with Crippen LogP contribution in [0, 0.1) is 0 Å². The largest absolute Gasteiger partial charge is 0.443 e. The maximum Gasteiger partial charge on any atom is 0.272 e. The molecule has 0 aliphatic heterocycles. The van der Waals surface area contributed by atoms with E-state index in [0.717, 1.165) is 11.3 Å². The third-order valence-corrected chi connectivity index (χ3v) is 7.02. The highest BCUT2D eigenvalue weighted by Crippen LogP contribution is 2.32. The molecule has 0 radical (unpaired) electrons. The van der Waals surface area contributed by atoms with Crippen molar-refractivity contribution >= 4 is 44.6 Å². The zero-order valence-corrected chi connectivity index (χ0v) is 17.0. The smallest absolute Gasteiger partial charge is 0.272 e. The van der Waals surface area contributed by atoms with Crippen LogP contribution in [0.5, 0.6) is 0 Å². The molecule has 4 rings (SSSR count). The lowest BCUT2D eigenvalue weighted by Crippen LogP contribution is -2.16. The molecule has 10 heteroatoms. The van der Waals surface area contributed by atoms with Crippen molar-refractivity contribution in [3.63, 3.8) is 0 Å². The maximum absolute atomic E-state index is 12.9. The van der Waals surface area contributed by atoms with Crippen LogP contribution in [0.3, 0.4) is 0 Å². The van der Waals surface area contributed by atoms with Gasteiger partial charge in [-0.2, -0.15) is 0 Å². The Bertz CT molecular complexity index is 1270. The average molecular weight is 446 g/mol. The predicted molar refractivity (Wildman–Crippen MR) is 110 cm³/mol. The van der Waals surface area contributed by atoms with Crippen molar-refractivity contribution < 1.29 is 17.6 Å². The molecule has 146 valence electrons. The molecule has 3 heterocycles. The molecule has 1 N–H and O–H groups in total. The van der Waals surface area contributed by atoms with E-state index in [9.17, 15) is 13.2 Å². The number of carbonyl (C=O) groups excluding carboxylic acids is 1. The van der Waals surface area contributed by atoms with Crippen LogP contribution >= 0.6 is 22.9 Å². The van der Waals surface area contributed by atoms with Gasteiger partial charge in [-0.15, -0.1) is 11.3 Å². The van der Waals surface area contributed by atoms with Gasteiger partial charge in [-0.25, -0.2) is 18.4 Å². The first-order valence-electron chi connectivity index (χ1n) is 8.21. The Hall–Kier alpha value is -3.01. The molecule has 1 aromatic carbocycles. The Morgan fingerprint density at radius 1 is 1.10 bits per heavy atom. The van der Waals surface area contributed by atoms with Gasteiger partial charge in [0, 0.05) is 11.8 Å². The first kappa shape index (κ1) is 19.3. The highest BCUT2D eigenvalue weighted by atomic mass is 35.5.